The molecule has 0 heterocycles. The van der Waals surface area contributed by atoms with Crippen LogP contribution in [0.25, 0.3) is 0 Å². The smallest absolute Gasteiger partial charge is 0.127 e. The van der Waals surface area contributed by atoms with Crippen LogP contribution in [0.1, 0.15) is 5.56 Å². The van der Waals surface area contributed by atoms with Crippen molar-refractivity contribution < 1.29 is 4.39 Å². The van der Waals surface area contributed by atoms with Gasteiger partial charge in [-0.15, -0.1) is 0 Å². The molecule has 0 fully saturated rings. The summed E-state index contributed by atoms with van der Waals surface area (Å²) < 4.78 is 14.1. The summed E-state index contributed by atoms with van der Waals surface area (Å²) in [7, 11) is 1.15. The fourth-order valence-corrected chi connectivity index (χ4v) is 2.26. The van der Waals surface area contributed by atoms with Crippen molar-refractivity contribution in [1.29, 1.82) is 0 Å². The van der Waals surface area contributed by atoms with Crippen molar-refractivity contribution in [2.75, 3.05) is 0 Å². The topological polar surface area (TPSA) is 0 Å². The van der Waals surface area contributed by atoms with Crippen molar-refractivity contribution in [3.05, 3.63) is 33.1 Å². The second-order valence-corrected chi connectivity index (χ2v) is 4.61. The Morgan fingerprint density at radius 2 is 2.18 bits per heavy atom. The Kier molecular flexibility index (Phi) is 3.51. The third kappa shape index (κ3) is 2.26. The number of hydrogen-bond acceptors (Lipinski definition) is 0. The van der Waals surface area contributed by atoms with Gasteiger partial charge in [0, 0.05) is 19.4 Å². The Morgan fingerprint density at radius 3 is 2.73 bits per heavy atom. The average Bonchev–Trinajstić information content (AvgIpc) is 1.97. The summed E-state index contributed by atoms with van der Waals surface area (Å²) in [4.78, 5) is 0. The third-order valence-corrected chi connectivity index (χ3v) is 3.07. The summed E-state index contributed by atoms with van der Waals surface area (Å²) in [5, 5.41) is 0. The minimum atomic E-state index is -0.0484. The molecular formula is C8H10FISi. The predicted molar refractivity (Wildman–Crippen MR) is 57.6 cm³/mol. The minimum Gasteiger partial charge on any atom is -0.207 e. The zero-order valence-electron chi connectivity index (χ0n) is 6.40. The highest BCUT2D eigenvalue weighted by molar-refractivity contribution is 14.1. The molecule has 0 N–H and O–H groups in total. The van der Waals surface area contributed by atoms with Gasteiger partial charge in [-0.25, -0.2) is 4.39 Å². The van der Waals surface area contributed by atoms with E-state index in [0.29, 0.717) is 0 Å². The molecule has 0 nitrogen and oxygen atoms in total. The molecule has 0 aliphatic carbocycles. The number of hydrogen-bond donors (Lipinski definition) is 0. The maximum atomic E-state index is 13.0. The molecule has 0 radical (unpaired) electrons. The molecule has 0 aliphatic rings. The van der Waals surface area contributed by atoms with E-state index < -0.39 is 0 Å². The van der Waals surface area contributed by atoms with Crippen molar-refractivity contribution >= 4 is 32.8 Å². The predicted octanol–water partition coefficient (Wildman–Crippen LogP) is 1.76. The molecule has 0 saturated heterocycles. The lowest BCUT2D eigenvalue weighted by Crippen LogP contribution is -1.93. The quantitative estimate of drug-likeness (QED) is 0.572. The summed E-state index contributed by atoms with van der Waals surface area (Å²) in [5.41, 5.74) is 0.892. The van der Waals surface area contributed by atoms with Crippen LogP contribution in [0, 0.1) is 9.39 Å². The molecule has 0 spiro atoms. The van der Waals surface area contributed by atoms with Gasteiger partial charge in [0.1, 0.15) is 5.82 Å². The lowest BCUT2D eigenvalue weighted by atomic mass is 10.2. The first-order valence-electron chi connectivity index (χ1n) is 3.68. The van der Waals surface area contributed by atoms with E-state index in [1.54, 1.807) is 6.07 Å². The van der Waals surface area contributed by atoms with Crippen LogP contribution in [0.3, 0.4) is 0 Å². The fourth-order valence-electron chi connectivity index (χ4n) is 1.02. The van der Waals surface area contributed by atoms with Gasteiger partial charge in [0.2, 0.25) is 0 Å². The van der Waals surface area contributed by atoms with E-state index >= 15 is 0 Å². The molecule has 1 aromatic carbocycles. The number of rotatable bonds is 2. The van der Waals surface area contributed by atoms with Crippen LogP contribution in [0.4, 0.5) is 4.39 Å². The molecule has 0 aromatic heterocycles. The molecule has 0 saturated carbocycles. The second kappa shape index (κ2) is 4.20. The van der Waals surface area contributed by atoms with E-state index in [1.807, 2.05) is 6.07 Å². The Hall–Kier alpha value is 0.0969. The second-order valence-electron chi connectivity index (χ2n) is 2.45. The minimum absolute atomic E-state index is 0.0484. The molecule has 0 unspecified atom stereocenters. The van der Waals surface area contributed by atoms with Gasteiger partial charge in [-0.1, -0.05) is 12.1 Å². The highest BCUT2D eigenvalue weighted by Gasteiger charge is 2.03. The normalized spacial score (nSPS) is 10.4. The van der Waals surface area contributed by atoms with Gasteiger partial charge in [0.15, 0.2) is 0 Å². The van der Waals surface area contributed by atoms with Crippen molar-refractivity contribution in [2.24, 2.45) is 0 Å². The SMILES string of the molecule is Fc1cccc(I)c1CC[SiH3]. The molecule has 3 heteroatoms. The molecule has 1 rings (SSSR count). The summed E-state index contributed by atoms with van der Waals surface area (Å²) in [5.74, 6) is -0.0484. The van der Waals surface area contributed by atoms with Gasteiger partial charge in [-0.2, -0.15) is 0 Å². The largest absolute Gasteiger partial charge is 0.207 e. The molecule has 0 bridgehead atoms. The molecule has 0 amide bonds. The maximum absolute atomic E-state index is 13.0. The monoisotopic (exact) mass is 280 g/mol. The third-order valence-electron chi connectivity index (χ3n) is 1.56. The molecule has 11 heavy (non-hydrogen) atoms. The summed E-state index contributed by atoms with van der Waals surface area (Å²) >= 11 is 2.18. The van der Waals surface area contributed by atoms with E-state index in [9.17, 15) is 4.39 Å². The molecule has 60 valence electrons. The van der Waals surface area contributed by atoms with Crippen LogP contribution < -0.4 is 0 Å². The molecule has 1 aromatic rings. The van der Waals surface area contributed by atoms with E-state index in [2.05, 4.69) is 22.6 Å². The van der Waals surface area contributed by atoms with E-state index in [1.165, 1.54) is 6.07 Å². The van der Waals surface area contributed by atoms with E-state index in [4.69, 9.17) is 0 Å². The highest BCUT2D eigenvalue weighted by atomic mass is 127. The van der Waals surface area contributed by atoms with Gasteiger partial charge in [0.05, 0.1) is 0 Å². The summed E-state index contributed by atoms with van der Waals surface area (Å²) in [6.07, 6.45) is 0.900. The van der Waals surface area contributed by atoms with Crippen LogP contribution in [-0.4, -0.2) is 10.2 Å². The van der Waals surface area contributed by atoms with Crippen LogP contribution in [0.2, 0.25) is 6.04 Å². The lowest BCUT2D eigenvalue weighted by Gasteiger charge is -2.02. The summed E-state index contributed by atoms with van der Waals surface area (Å²) in [6, 6.07) is 6.38. The van der Waals surface area contributed by atoms with Gasteiger partial charge in [-0.3, -0.25) is 0 Å². The Bertz CT molecular complexity index is 230. The standard InChI is InChI=1S/C8H10FISi/c9-7-2-1-3-8(10)6(7)4-5-11/h1-3H,4-5H2,11H3. The number of halogens is 2. The van der Waals surface area contributed by atoms with Crippen LogP contribution in [0.15, 0.2) is 18.2 Å². The number of benzene rings is 1. The van der Waals surface area contributed by atoms with Crippen LogP contribution in [0.5, 0.6) is 0 Å². The zero-order valence-corrected chi connectivity index (χ0v) is 10.6. The Labute approximate surface area is 82.8 Å². The lowest BCUT2D eigenvalue weighted by molar-refractivity contribution is 0.610. The highest BCUT2D eigenvalue weighted by Crippen LogP contribution is 2.16. The van der Waals surface area contributed by atoms with Crippen LogP contribution >= 0.6 is 22.6 Å². The summed E-state index contributed by atoms with van der Waals surface area (Å²) in [6.45, 7) is 0. The molecule has 0 aliphatic heterocycles. The molecule has 0 atom stereocenters. The first-order valence-corrected chi connectivity index (χ1v) is 6.18. The van der Waals surface area contributed by atoms with Gasteiger partial charge in [-0.05, 0) is 41.1 Å². The Balaban J connectivity index is 3.00. The van der Waals surface area contributed by atoms with Crippen molar-refractivity contribution in [3.63, 3.8) is 0 Å². The fraction of sp³-hybridized carbons (Fsp3) is 0.250. The van der Waals surface area contributed by atoms with Gasteiger partial charge in [0.25, 0.3) is 0 Å². The zero-order chi connectivity index (χ0) is 8.27. The van der Waals surface area contributed by atoms with Crippen LogP contribution in [-0.2, 0) is 6.42 Å². The van der Waals surface area contributed by atoms with Gasteiger partial charge >= 0.3 is 0 Å². The molecular weight excluding hydrogens is 270 g/mol. The van der Waals surface area contributed by atoms with Gasteiger partial charge < -0.3 is 0 Å². The van der Waals surface area contributed by atoms with Crippen molar-refractivity contribution in [1.82, 2.24) is 0 Å². The first-order chi connectivity index (χ1) is 5.25. The van der Waals surface area contributed by atoms with Crippen molar-refractivity contribution in [2.45, 2.75) is 12.5 Å². The van der Waals surface area contributed by atoms with E-state index in [-0.39, 0.29) is 5.82 Å². The average molecular weight is 280 g/mol. The first kappa shape index (κ1) is 9.19. The maximum Gasteiger partial charge on any atom is 0.127 e. The van der Waals surface area contributed by atoms with E-state index in [0.717, 1.165) is 31.8 Å². The Morgan fingerprint density at radius 1 is 1.45 bits per heavy atom. The van der Waals surface area contributed by atoms with Crippen molar-refractivity contribution in [3.8, 4) is 0 Å².